The van der Waals surface area contributed by atoms with Crippen LogP contribution in [0.4, 0.5) is 30.5 Å². The second kappa shape index (κ2) is 12.2. The predicted molar refractivity (Wildman–Crippen MR) is 155 cm³/mol. The summed E-state index contributed by atoms with van der Waals surface area (Å²) < 4.78 is 39.1. The average Bonchev–Trinajstić information content (AvgIpc) is 3.00. The largest absolute Gasteiger partial charge is 0.433 e. The van der Waals surface area contributed by atoms with Crippen LogP contribution in [0.3, 0.4) is 0 Å². The van der Waals surface area contributed by atoms with Crippen molar-refractivity contribution in [2.45, 2.75) is 51.5 Å². The van der Waals surface area contributed by atoms with E-state index in [0.29, 0.717) is 29.8 Å². The molecule has 5 rings (SSSR count). The molecule has 4 aromatic rings. The summed E-state index contributed by atoms with van der Waals surface area (Å²) in [5.41, 5.74) is 3.36. The maximum absolute atomic E-state index is 13.0. The van der Waals surface area contributed by atoms with Crippen molar-refractivity contribution in [1.82, 2.24) is 24.8 Å². The van der Waals surface area contributed by atoms with E-state index in [1.807, 2.05) is 19.2 Å². The highest BCUT2D eigenvalue weighted by Crippen LogP contribution is 2.30. The summed E-state index contributed by atoms with van der Waals surface area (Å²) in [5.74, 6) is 0.559. The van der Waals surface area contributed by atoms with Gasteiger partial charge in [-0.25, -0.2) is 9.97 Å². The lowest BCUT2D eigenvalue weighted by atomic mass is 10.0. The molecule has 0 aliphatic carbocycles. The third-order valence-electron chi connectivity index (χ3n) is 7.65. The van der Waals surface area contributed by atoms with E-state index in [9.17, 15) is 13.2 Å². The van der Waals surface area contributed by atoms with Gasteiger partial charge in [0.15, 0.2) is 0 Å². The molecule has 1 aromatic carbocycles. The topological polar surface area (TPSA) is 61.3 Å². The van der Waals surface area contributed by atoms with Crippen molar-refractivity contribution in [3.8, 4) is 11.3 Å². The molecule has 0 saturated carbocycles. The number of alkyl halides is 3. The number of rotatable bonds is 8. The van der Waals surface area contributed by atoms with Crippen LogP contribution in [0, 0.1) is 0 Å². The van der Waals surface area contributed by atoms with Crippen molar-refractivity contribution in [3.63, 3.8) is 0 Å². The van der Waals surface area contributed by atoms with E-state index >= 15 is 0 Å². The molecule has 1 fully saturated rings. The molecule has 1 aliphatic rings. The SMILES string of the molecule is CC(C)N1CCC(N(Cc2ccc(N(C)c3ccncc3)cc2)c2nccc(-c3ccc(C(F)(F)F)nc3)n2)CC1. The summed E-state index contributed by atoms with van der Waals surface area (Å²) in [5, 5.41) is 0. The maximum atomic E-state index is 13.0. The number of benzene rings is 1. The lowest BCUT2D eigenvalue weighted by Crippen LogP contribution is -2.47. The first-order chi connectivity index (χ1) is 19.7. The number of anilines is 3. The molecule has 10 heteroatoms. The molecule has 0 unspecified atom stereocenters. The van der Waals surface area contributed by atoms with E-state index in [2.05, 4.69) is 67.8 Å². The Kier molecular flexibility index (Phi) is 8.49. The van der Waals surface area contributed by atoms with Crippen LogP contribution in [0.1, 0.15) is 37.9 Å². The molecule has 3 aromatic heterocycles. The van der Waals surface area contributed by atoms with Crippen LogP contribution in [0.2, 0.25) is 0 Å². The Morgan fingerprint density at radius 3 is 2.17 bits per heavy atom. The molecule has 214 valence electrons. The normalized spacial score (nSPS) is 14.8. The molecule has 4 heterocycles. The molecular weight excluding hydrogens is 527 g/mol. The Morgan fingerprint density at radius 2 is 1.56 bits per heavy atom. The second-order valence-corrected chi connectivity index (χ2v) is 10.6. The lowest BCUT2D eigenvalue weighted by Gasteiger charge is -2.40. The number of aromatic nitrogens is 4. The zero-order valence-electron chi connectivity index (χ0n) is 23.5. The fraction of sp³-hybridized carbons (Fsp3) is 0.355. The van der Waals surface area contributed by atoms with Crippen LogP contribution in [0.25, 0.3) is 11.3 Å². The molecule has 0 spiro atoms. The van der Waals surface area contributed by atoms with Gasteiger partial charge in [0.25, 0.3) is 0 Å². The Labute approximate surface area is 238 Å². The number of hydrogen-bond acceptors (Lipinski definition) is 7. The number of halogens is 3. The van der Waals surface area contributed by atoms with E-state index in [1.54, 1.807) is 24.7 Å². The quantitative estimate of drug-likeness (QED) is 0.240. The van der Waals surface area contributed by atoms with Gasteiger partial charge in [0.1, 0.15) is 5.69 Å². The van der Waals surface area contributed by atoms with Gasteiger partial charge < -0.3 is 14.7 Å². The third kappa shape index (κ3) is 6.82. The van der Waals surface area contributed by atoms with Crippen LogP contribution in [-0.4, -0.2) is 57.1 Å². The Balaban J connectivity index is 1.41. The fourth-order valence-electron chi connectivity index (χ4n) is 5.18. The van der Waals surface area contributed by atoms with Gasteiger partial charge in [-0.05, 0) is 74.7 Å². The van der Waals surface area contributed by atoms with Crippen molar-refractivity contribution >= 4 is 17.3 Å². The van der Waals surface area contributed by atoms with Crippen LogP contribution in [0.5, 0.6) is 0 Å². The van der Waals surface area contributed by atoms with E-state index in [-0.39, 0.29) is 6.04 Å². The van der Waals surface area contributed by atoms with Crippen LogP contribution in [-0.2, 0) is 12.7 Å². The summed E-state index contributed by atoms with van der Waals surface area (Å²) in [6.07, 6.45) is 3.89. The van der Waals surface area contributed by atoms with Crippen LogP contribution >= 0.6 is 0 Å². The molecule has 1 saturated heterocycles. The first-order valence-electron chi connectivity index (χ1n) is 13.8. The average molecular weight is 562 g/mol. The van der Waals surface area contributed by atoms with Gasteiger partial charge in [-0.15, -0.1) is 0 Å². The third-order valence-corrected chi connectivity index (χ3v) is 7.65. The zero-order valence-corrected chi connectivity index (χ0v) is 23.5. The Bertz CT molecular complexity index is 1400. The highest BCUT2D eigenvalue weighted by atomic mass is 19.4. The lowest BCUT2D eigenvalue weighted by molar-refractivity contribution is -0.141. The highest BCUT2D eigenvalue weighted by Gasteiger charge is 2.32. The van der Waals surface area contributed by atoms with Crippen molar-refractivity contribution < 1.29 is 13.2 Å². The second-order valence-electron chi connectivity index (χ2n) is 10.6. The minimum absolute atomic E-state index is 0.227. The zero-order chi connectivity index (χ0) is 29.0. The number of pyridine rings is 2. The number of likely N-dealkylation sites (tertiary alicyclic amines) is 1. The molecule has 0 atom stereocenters. The van der Waals surface area contributed by atoms with Crippen molar-refractivity contribution in [1.29, 1.82) is 0 Å². The Morgan fingerprint density at radius 1 is 0.878 bits per heavy atom. The van der Waals surface area contributed by atoms with Gasteiger partial charge in [0.05, 0.1) is 5.69 Å². The van der Waals surface area contributed by atoms with Crippen molar-refractivity contribution in [2.24, 2.45) is 0 Å². The van der Waals surface area contributed by atoms with E-state index in [0.717, 1.165) is 48.9 Å². The summed E-state index contributed by atoms with van der Waals surface area (Å²) in [7, 11) is 2.02. The van der Waals surface area contributed by atoms with E-state index in [1.165, 1.54) is 12.3 Å². The van der Waals surface area contributed by atoms with E-state index < -0.39 is 11.9 Å². The monoisotopic (exact) mass is 561 g/mol. The molecule has 0 radical (unpaired) electrons. The van der Waals surface area contributed by atoms with Gasteiger partial charge in [0, 0.05) is 80.5 Å². The molecule has 0 N–H and O–H groups in total. The smallest absolute Gasteiger partial charge is 0.345 e. The number of hydrogen-bond donors (Lipinski definition) is 0. The molecule has 41 heavy (non-hydrogen) atoms. The summed E-state index contributed by atoms with van der Waals surface area (Å²) in [4.78, 5) is 24.0. The number of piperidine rings is 1. The van der Waals surface area contributed by atoms with Gasteiger partial charge in [-0.1, -0.05) is 12.1 Å². The van der Waals surface area contributed by atoms with Crippen LogP contribution < -0.4 is 9.80 Å². The van der Waals surface area contributed by atoms with Crippen molar-refractivity contribution in [2.75, 3.05) is 29.9 Å². The van der Waals surface area contributed by atoms with E-state index in [4.69, 9.17) is 4.98 Å². The molecule has 0 bridgehead atoms. The first-order valence-corrected chi connectivity index (χ1v) is 13.8. The minimum Gasteiger partial charge on any atom is -0.345 e. The molecule has 7 nitrogen and oxygen atoms in total. The van der Waals surface area contributed by atoms with Gasteiger partial charge in [0.2, 0.25) is 5.95 Å². The standard InChI is InChI=1S/C31H34F3N7/c1-22(2)40-18-13-27(14-19-40)41(21-23-4-7-25(8-5-23)39(3)26-10-15-35-16-11-26)30-36-17-12-28(38-30)24-6-9-29(37-20-24)31(32,33)34/h4-12,15-17,20,22,27H,13-14,18-19,21H2,1-3H3. The predicted octanol–water partition coefficient (Wildman–Crippen LogP) is 6.60. The Hall–Kier alpha value is -4.05. The minimum atomic E-state index is -4.49. The van der Waals surface area contributed by atoms with Gasteiger partial charge in [-0.2, -0.15) is 13.2 Å². The van der Waals surface area contributed by atoms with Gasteiger partial charge >= 0.3 is 6.18 Å². The maximum Gasteiger partial charge on any atom is 0.433 e. The van der Waals surface area contributed by atoms with Gasteiger partial charge in [-0.3, -0.25) is 9.97 Å². The van der Waals surface area contributed by atoms with Crippen molar-refractivity contribution in [3.05, 3.63) is 90.6 Å². The summed E-state index contributed by atoms with van der Waals surface area (Å²) in [6, 6.07) is 17.2. The molecular formula is C31H34F3N7. The number of nitrogens with zero attached hydrogens (tertiary/aromatic N) is 7. The molecule has 0 amide bonds. The first kappa shape index (κ1) is 28.5. The summed E-state index contributed by atoms with van der Waals surface area (Å²) in [6.45, 7) is 7.01. The van der Waals surface area contributed by atoms with Crippen LogP contribution in [0.15, 0.2) is 79.4 Å². The highest BCUT2D eigenvalue weighted by molar-refractivity contribution is 5.62. The summed E-state index contributed by atoms with van der Waals surface area (Å²) >= 11 is 0. The fourth-order valence-corrected chi connectivity index (χ4v) is 5.18. The molecule has 1 aliphatic heterocycles.